The highest BCUT2D eigenvalue weighted by Crippen LogP contribution is 2.32. The maximum absolute atomic E-state index is 6.84. The van der Waals surface area contributed by atoms with E-state index in [-0.39, 0.29) is 0 Å². The molecule has 5 rings (SSSR count). The number of nitrogens with zero attached hydrogens (tertiary/aromatic N) is 4. The molecule has 8 heteroatoms. The first kappa shape index (κ1) is 26.1. The number of halogens is 1. The third-order valence-electron chi connectivity index (χ3n) is 6.55. The summed E-state index contributed by atoms with van der Waals surface area (Å²) in [4.78, 5) is 11.8. The summed E-state index contributed by atoms with van der Waals surface area (Å²) in [6.45, 7) is 6.07. The molecule has 0 spiro atoms. The lowest BCUT2D eigenvalue weighted by molar-refractivity contribution is 0.170. The van der Waals surface area contributed by atoms with Crippen LogP contribution in [0, 0.1) is 0 Å². The van der Waals surface area contributed by atoms with Gasteiger partial charge in [0.05, 0.1) is 18.5 Å². The van der Waals surface area contributed by atoms with Crippen LogP contribution in [0.3, 0.4) is 0 Å². The summed E-state index contributed by atoms with van der Waals surface area (Å²) < 4.78 is 19.2. The molecular formula is C30H33ClN4O3. The molecule has 0 fully saturated rings. The lowest BCUT2D eigenvalue weighted by atomic mass is 10.1. The zero-order valence-corrected chi connectivity index (χ0v) is 22.7. The molecule has 0 unspecified atom stereocenters. The molecule has 38 heavy (non-hydrogen) atoms. The second kappa shape index (κ2) is 12.3. The van der Waals surface area contributed by atoms with E-state index in [0.717, 1.165) is 59.2 Å². The number of fused-ring (bicyclic) bond motifs is 1. The van der Waals surface area contributed by atoms with E-state index in [1.807, 2.05) is 42.5 Å². The quantitative estimate of drug-likeness (QED) is 0.223. The van der Waals surface area contributed by atoms with Gasteiger partial charge in [-0.3, -0.25) is 4.90 Å². The normalized spacial score (nSPS) is 12.6. The highest BCUT2D eigenvalue weighted by Gasteiger charge is 2.21. The molecule has 3 heterocycles. The van der Waals surface area contributed by atoms with Gasteiger partial charge in [-0.15, -0.1) is 0 Å². The van der Waals surface area contributed by atoms with Crippen molar-refractivity contribution in [2.75, 3.05) is 20.3 Å². The molecule has 1 aliphatic heterocycles. The predicted octanol–water partition coefficient (Wildman–Crippen LogP) is 6.38. The van der Waals surface area contributed by atoms with E-state index < -0.39 is 0 Å². The van der Waals surface area contributed by atoms with Gasteiger partial charge in [0.25, 0.3) is 0 Å². The average molecular weight is 533 g/mol. The Kier molecular flexibility index (Phi) is 8.46. The second-order valence-corrected chi connectivity index (χ2v) is 9.70. The second-order valence-electron chi connectivity index (χ2n) is 9.34. The fourth-order valence-electron chi connectivity index (χ4n) is 4.68. The first-order valence-electron chi connectivity index (χ1n) is 13.1. The van der Waals surface area contributed by atoms with Crippen molar-refractivity contribution >= 4 is 11.6 Å². The summed E-state index contributed by atoms with van der Waals surface area (Å²) in [7, 11) is 1.64. The molecule has 0 aliphatic carbocycles. The summed E-state index contributed by atoms with van der Waals surface area (Å²) in [5.41, 5.74) is 4.10. The van der Waals surface area contributed by atoms with Crippen molar-refractivity contribution in [3.05, 3.63) is 88.8 Å². The summed E-state index contributed by atoms with van der Waals surface area (Å²) in [5.74, 6) is 3.07. The van der Waals surface area contributed by atoms with Crippen LogP contribution in [0.5, 0.6) is 17.4 Å². The SMILES string of the molecule is CCCCn1c(-c2ccccc2)nc(Cl)c1CN(Cc1ccc2c(c1)OCCO2)Cc1cccc(OC)n1. The highest BCUT2D eigenvalue weighted by molar-refractivity contribution is 6.30. The van der Waals surface area contributed by atoms with E-state index in [9.17, 15) is 0 Å². The summed E-state index contributed by atoms with van der Waals surface area (Å²) in [5, 5.41) is 0.533. The average Bonchev–Trinajstić information content (AvgIpc) is 3.26. The predicted molar refractivity (Wildman–Crippen MR) is 149 cm³/mol. The van der Waals surface area contributed by atoms with Crippen LogP contribution >= 0.6 is 11.6 Å². The van der Waals surface area contributed by atoms with Crippen molar-refractivity contribution in [3.63, 3.8) is 0 Å². The van der Waals surface area contributed by atoms with Gasteiger partial charge in [-0.05, 0) is 30.2 Å². The third kappa shape index (κ3) is 6.11. The Labute approximate surface area is 229 Å². The van der Waals surface area contributed by atoms with Gasteiger partial charge in [0.15, 0.2) is 16.7 Å². The van der Waals surface area contributed by atoms with E-state index >= 15 is 0 Å². The van der Waals surface area contributed by atoms with Crippen LogP contribution < -0.4 is 14.2 Å². The smallest absolute Gasteiger partial charge is 0.213 e. The minimum absolute atomic E-state index is 0.533. The highest BCUT2D eigenvalue weighted by atomic mass is 35.5. The van der Waals surface area contributed by atoms with Gasteiger partial charge < -0.3 is 18.8 Å². The van der Waals surface area contributed by atoms with Gasteiger partial charge in [0.2, 0.25) is 5.88 Å². The van der Waals surface area contributed by atoms with Gasteiger partial charge in [0.1, 0.15) is 19.0 Å². The van der Waals surface area contributed by atoms with Crippen molar-refractivity contribution in [2.24, 2.45) is 0 Å². The molecule has 1 aliphatic rings. The van der Waals surface area contributed by atoms with E-state index in [4.69, 9.17) is 30.8 Å². The zero-order chi connectivity index (χ0) is 26.3. The number of pyridine rings is 1. The Hall–Kier alpha value is -3.55. The van der Waals surface area contributed by atoms with Crippen LogP contribution in [0.2, 0.25) is 5.15 Å². The third-order valence-corrected chi connectivity index (χ3v) is 6.86. The standard InChI is InChI=1S/C30H33ClN4O3/c1-3-4-15-35-25(29(31)33-30(35)23-9-6-5-7-10-23)21-34(20-24-11-8-12-28(32-24)36-2)19-22-13-14-26-27(18-22)38-17-16-37-26/h5-14,18H,3-4,15-17,19-21H2,1-2H3. The number of benzene rings is 2. The van der Waals surface area contributed by atoms with Gasteiger partial charge in [-0.1, -0.05) is 67.4 Å². The number of rotatable bonds is 11. The fourth-order valence-corrected chi connectivity index (χ4v) is 4.93. The number of hydrogen-bond donors (Lipinski definition) is 0. The van der Waals surface area contributed by atoms with Crippen LogP contribution in [0.4, 0.5) is 0 Å². The number of methoxy groups -OCH3 is 1. The Balaban J connectivity index is 1.49. The van der Waals surface area contributed by atoms with Crippen LogP contribution in [0.1, 0.15) is 36.7 Å². The first-order valence-corrected chi connectivity index (χ1v) is 13.4. The fraction of sp³-hybridized carbons (Fsp3) is 0.333. The molecule has 0 radical (unpaired) electrons. The van der Waals surface area contributed by atoms with Crippen LogP contribution in [0.25, 0.3) is 11.4 Å². The van der Waals surface area contributed by atoms with E-state index in [2.05, 4.69) is 45.6 Å². The summed E-state index contributed by atoms with van der Waals surface area (Å²) in [6.07, 6.45) is 2.12. The molecule has 0 atom stereocenters. The van der Waals surface area contributed by atoms with Crippen LogP contribution in [-0.2, 0) is 26.2 Å². The Morgan fingerprint density at radius 2 is 1.74 bits per heavy atom. The number of unbranched alkanes of at least 4 members (excludes halogenated alkanes) is 1. The van der Waals surface area contributed by atoms with E-state index in [0.29, 0.717) is 43.9 Å². The van der Waals surface area contributed by atoms with E-state index in [1.54, 1.807) is 7.11 Å². The van der Waals surface area contributed by atoms with Crippen molar-refractivity contribution in [3.8, 4) is 28.8 Å². The van der Waals surface area contributed by atoms with Crippen molar-refractivity contribution in [1.29, 1.82) is 0 Å². The molecule has 0 N–H and O–H groups in total. The molecule has 0 amide bonds. The largest absolute Gasteiger partial charge is 0.486 e. The number of imidazole rings is 1. The minimum Gasteiger partial charge on any atom is -0.486 e. The van der Waals surface area contributed by atoms with Crippen molar-refractivity contribution in [1.82, 2.24) is 19.4 Å². The molecule has 4 aromatic rings. The molecule has 198 valence electrons. The maximum Gasteiger partial charge on any atom is 0.213 e. The molecule has 0 saturated carbocycles. The van der Waals surface area contributed by atoms with Gasteiger partial charge in [-0.25, -0.2) is 9.97 Å². The number of hydrogen-bond acceptors (Lipinski definition) is 6. The van der Waals surface area contributed by atoms with Crippen molar-refractivity contribution in [2.45, 2.75) is 45.9 Å². The molecule has 7 nitrogen and oxygen atoms in total. The monoisotopic (exact) mass is 532 g/mol. The topological polar surface area (TPSA) is 61.6 Å². The van der Waals surface area contributed by atoms with Gasteiger partial charge >= 0.3 is 0 Å². The Morgan fingerprint density at radius 3 is 2.53 bits per heavy atom. The van der Waals surface area contributed by atoms with Gasteiger partial charge in [0, 0.05) is 37.8 Å². The van der Waals surface area contributed by atoms with Gasteiger partial charge in [-0.2, -0.15) is 0 Å². The summed E-state index contributed by atoms with van der Waals surface area (Å²) in [6, 6.07) is 22.2. The lowest BCUT2D eigenvalue weighted by Crippen LogP contribution is -2.25. The maximum atomic E-state index is 6.84. The molecule has 0 bridgehead atoms. The van der Waals surface area contributed by atoms with Crippen LogP contribution in [0.15, 0.2) is 66.7 Å². The minimum atomic E-state index is 0.533. The number of ether oxygens (including phenoxy) is 3. The zero-order valence-electron chi connectivity index (χ0n) is 21.9. The number of aromatic nitrogens is 3. The molecule has 2 aromatic carbocycles. The van der Waals surface area contributed by atoms with Crippen molar-refractivity contribution < 1.29 is 14.2 Å². The Morgan fingerprint density at radius 1 is 0.921 bits per heavy atom. The van der Waals surface area contributed by atoms with E-state index in [1.165, 1.54) is 0 Å². The summed E-state index contributed by atoms with van der Waals surface area (Å²) >= 11 is 6.84. The molecule has 0 saturated heterocycles. The van der Waals surface area contributed by atoms with Crippen LogP contribution in [-0.4, -0.2) is 39.8 Å². The first-order chi connectivity index (χ1) is 18.6. The molecular weight excluding hydrogens is 500 g/mol. The molecule has 2 aromatic heterocycles. The lowest BCUT2D eigenvalue weighted by Gasteiger charge is -2.25. The Bertz CT molecular complexity index is 1360.